The Labute approximate surface area is 112 Å². The molecule has 0 aromatic heterocycles. The van der Waals surface area contributed by atoms with Gasteiger partial charge in [-0.25, -0.2) is 4.39 Å². The van der Waals surface area contributed by atoms with Crippen molar-refractivity contribution in [3.8, 4) is 0 Å². The van der Waals surface area contributed by atoms with Gasteiger partial charge in [0, 0.05) is 18.0 Å². The van der Waals surface area contributed by atoms with Crippen molar-refractivity contribution in [2.75, 3.05) is 7.11 Å². The second-order valence-corrected chi connectivity index (χ2v) is 5.49. The maximum absolute atomic E-state index is 13.0. The molecule has 2 heterocycles. The molecular weight excluding hydrogens is 245 g/mol. The Morgan fingerprint density at radius 1 is 1.32 bits per heavy atom. The monoisotopic (exact) mass is 263 g/mol. The first-order chi connectivity index (χ1) is 9.19. The summed E-state index contributed by atoms with van der Waals surface area (Å²) in [4.78, 5) is 12.1. The predicted octanol–water partition coefficient (Wildman–Crippen LogP) is 2.22. The second-order valence-electron chi connectivity index (χ2n) is 5.49. The van der Waals surface area contributed by atoms with E-state index in [0.29, 0.717) is 6.04 Å². The van der Waals surface area contributed by atoms with Crippen molar-refractivity contribution in [1.29, 1.82) is 0 Å². The summed E-state index contributed by atoms with van der Waals surface area (Å²) < 4.78 is 18.0. The number of methoxy groups -OCH3 is 1. The van der Waals surface area contributed by atoms with Crippen LogP contribution in [0.2, 0.25) is 0 Å². The van der Waals surface area contributed by atoms with Crippen LogP contribution in [0.4, 0.5) is 4.39 Å². The summed E-state index contributed by atoms with van der Waals surface area (Å²) in [5.41, 5.74) is 1.04. The van der Waals surface area contributed by atoms with E-state index in [4.69, 9.17) is 4.74 Å². The zero-order chi connectivity index (χ0) is 13.4. The molecule has 102 valence electrons. The second kappa shape index (κ2) is 4.93. The molecule has 0 radical (unpaired) electrons. The van der Waals surface area contributed by atoms with Gasteiger partial charge in [0.1, 0.15) is 5.82 Å². The van der Waals surface area contributed by atoms with Crippen LogP contribution < -0.4 is 5.32 Å². The third-order valence-corrected chi connectivity index (χ3v) is 4.45. The van der Waals surface area contributed by atoms with E-state index in [1.807, 2.05) is 0 Å². The van der Waals surface area contributed by atoms with Gasteiger partial charge in [0.05, 0.1) is 13.0 Å². The Morgan fingerprint density at radius 2 is 2.05 bits per heavy atom. The van der Waals surface area contributed by atoms with Gasteiger partial charge in [0.15, 0.2) is 0 Å². The number of carbonyl (C=O) groups excluding carboxylic acids is 1. The van der Waals surface area contributed by atoms with Crippen molar-refractivity contribution >= 4 is 5.97 Å². The number of fused-ring (bicyclic) bond motifs is 2. The van der Waals surface area contributed by atoms with Crippen LogP contribution in [0.3, 0.4) is 0 Å². The van der Waals surface area contributed by atoms with Crippen LogP contribution in [0, 0.1) is 11.7 Å². The van der Waals surface area contributed by atoms with Gasteiger partial charge in [-0.1, -0.05) is 12.1 Å². The van der Waals surface area contributed by atoms with Crippen LogP contribution in [-0.4, -0.2) is 25.2 Å². The van der Waals surface area contributed by atoms with E-state index >= 15 is 0 Å². The highest BCUT2D eigenvalue weighted by molar-refractivity contribution is 5.75. The number of hydrogen-bond donors (Lipinski definition) is 1. The fraction of sp³-hybridized carbons (Fsp3) is 0.533. The van der Waals surface area contributed by atoms with Crippen LogP contribution in [0.25, 0.3) is 0 Å². The first-order valence-corrected chi connectivity index (χ1v) is 6.78. The van der Waals surface area contributed by atoms with E-state index < -0.39 is 0 Å². The topological polar surface area (TPSA) is 38.3 Å². The smallest absolute Gasteiger partial charge is 0.310 e. The molecule has 19 heavy (non-hydrogen) atoms. The normalized spacial score (nSPS) is 33.2. The molecule has 3 nitrogen and oxygen atoms in total. The van der Waals surface area contributed by atoms with Gasteiger partial charge in [0.25, 0.3) is 0 Å². The first kappa shape index (κ1) is 12.6. The highest BCUT2D eigenvalue weighted by Gasteiger charge is 2.46. The molecule has 1 unspecified atom stereocenters. The first-order valence-electron chi connectivity index (χ1n) is 6.78. The van der Waals surface area contributed by atoms with Crippen molar-refractivity contribution in [2.45, 2.75) is 37.3 Å². The summed E-state index contributed by atoms with van der Waals surface area (Å²) in [5, 5.41) is 3.49. The number of ether oxygens (including phenoxy) is 1. The summed E-state index contributed by atoms with van der Waals surface area (Å²) in [6, 6.07) is 7.19. The third kappa shape index (κ3) is 2.25. The van der Waals surface area contributed by atoms with Crippen LogP contribution >= 0.6 is 0 Å². The van der Waals surface area contributed by atoms with Gasteiger partial charge in [-0.15, -0.1) is 0 Å². The molecule has 4 heteroatoms. The molecule has 2 aliphatic rings. The number of halogens is 1. The average Bonchev–Trinajstić information content (AvgIpc) is 2.80. The SMILES string of the molecule is COC(=O)[C@@H]1[C@@H]2CCC(C[C@H]1c1ccc(F)cc1)N2. The lowest BCUT2D eigenvalue weighted by atomic mass is 9.77. The molecule has 0 saturated carbocycles. The molecule has 1 aromatic rings. The van der Waals surface area contributed by atoms with Crippen molar-refractivity contribution < 1.29 is 13.9 Å². The molecular formula is C15H18FNO2. The maximum atomic E-state index is 13.0. The molecule has 4 atom stereocenters. The molecule has 2 bridgehead atoms. The Kier molecular flexibility index (Phi) is 3.27. The molecule has 0 spiro atoms. The fourth-order valence-electron chi connectivity index (χ4n) is 3.57. The zero-order valence-corrected chi connectivity index (χ0v) is 10.9. The largest absolute Gasteiger partial charge is 0.469 e. The van der Waals surface area contributed by atoms with Crippen molar-refractivity contribution in [1.82, 2.24) is 5.32 Å². The predicted molar refractivity (Wildman–Crippen MR) is 69.2 cm³/mol. The molecule has 1 N–H and O–H groups in total. The van der Waals surface area contributed by atoms with Crippen molar-refractivity contribution in [3.63, 3.8) is 0 Å². The van der Waals surface area contributed by atoms with Crippen LogP contribution in [0.1, 0.15) is 30.7 Å². The number of carbonyl (C=O) groups is 1. The highest BCUT2D eigenvalue weighted by atomic mass is 19.1. The average molecular weight is 263 g/mol. The molecule has 0 amide bonds. The molecule has 0 aliphatic carbocycles. The lowest BCUT2D eigenvalue weighted by molar-refractivity contribution is -0.148. The summed E-state index contributed by atoms with van der Waals surface area (Å²) >= 11 is 0. The van der Waals surface area contributed by atoms with E-state index in [2.05, 4.69) is 5.32 Å². The van der Waals surface area contributed by atoms with E-state index in [0.717, 1.165) is 24.8 Å². The van der Waals surface area contributed by atoms with Gasteiger partial charge >= 0.3 is 5.97 Å². The molecule has 2 aliphatic heterocycles. The van der Waals surface area contributed by atoms with E-state index in [9.17, 15) is 9.18 Å². The van der Waals surface area contributed by atoms with E-state index in [1.165, 1.54) is 19.2 Å². The van der Waals surface area contributed by atoms with E-state index in [1.54, 1.807) is 12.1 Å². The highest BCUT2D eigenvalue weighted by Crippen LogP contribution is 2.42. The summed E-state index contributed by atoms with van der Waals surface area (Å²) in [6.45, 7) is 0. The van der Waals surface area contributed by atoms with Crippen molar-refractivity contribution in [2.24, 2.45) is 5.92 Å². The fourth-order valence-corrected chi connectivity index (χ4v) is 3.57. The number of hydrogen-bond acceptors (Lipinski definition) is 3. The number of rotatable bonds is 2. The minimum absolute atomic E-state index is 0.131. The Morgan fingerprint density at radius 3 is 2.74 bits per heavy atom. The van der Waals surface area contributed by atoms with Gasteiger partial charge < -0.3 is 10.1 Å². The number of nitrogens with one attached hydrogen (secondary N) is 1. The zero-order valence-electron chi connectivity index (χ0n) is 10.9. The molecule has 3 rings (SSSR count). The maximum Gasteiger partial charge on any atom is 0.310 e. The standard InChI is InChI=1S/C15H18FNO2/c1-19-15(18)14-12(8-11-6-7-13(14)17-11)9-2-4-10(16)5-3-9/h2-5,11-14,17H,6-8H2,1H3/t11?,12-,13-,14-/m0/s1. The third-order valence-electron chi connectivity index (χ3n) is 4.45. The Hall–Kier alpha value is -1.42. The lowest BCUT2D eigenvalue weighted by Gasteiger charge is -2.36. The minimum atomic E-state index is -0.240. The molecule has 2 saturated heterocycles. The lowest BCUT2D eigenvalue weighted by Crippen LogP contribution is -2.48. The van der Waals surface area contributed by atoms with E-state index in [-0.39, 0.29) is 29.7 Å². The molecule has 2 fully saturated rings. The Bertz CT molecular complexity index is 474. The number of benzene rings is 1. The molecule has 1 aromatic carbocycles. The number of piperidine rings is 1. The van der Waals surface area contributed by atoms with Gasteiger partial charge in [-0.2, -0.15) is 0 Å². The number of esters is 1. The van der Waals surface area contributed by atoms with Gasteiger partial charge in [-0.3, -0.25) is 4.79 Å². The summed E-state index contributed by atoms with van der Waals surface area (Å²) in [7, 11) is 1.44. The van der Waals surface area contributed by atoms with Crippen molar-refractivity contribution in [3.05, 3.63) is 35.6 Å². The van der Waals surface area contributed by atoms with Gasteiger partial charge in [-0.05, 0) is 37.0 Å². The van der Waals surface area contributed by atoms with Crippen LogP contribution in [-0.2, 0) is 9.53 Å². The quantitative estimate of drug-likeness (QED) is 0.831. The van der Waals surface area contributed by atoms with Crippen LogP contribution in [0.5, 0.6) is 0 Å². The minimum Gasteiger partial charge on any atom is -0.469 e. The summed E-state index contributed by atoms with van der Waals surface area (Å²) in [5.74, 6) is -0.427. The summed E-state index contributed by atoms with van der Waals surface area (Å²) in [6.07, 6.45) is 3.04. The van der Waals surface area contributed by atoms with Gasteiger partial charge in [0.2, 0.25) is 0 Å². The Balaban J connectivity index is 1.92. The van der Waals surface area contributed by atoms with Crippen LogP contribution in [0.15, 0.2) is 24.3 Å².